The first kappa shape index (κ1) is 27.9. The largest absolute Gasteiger partial charge is 0.353 e. The highest BCUT2D eigenvalue weighted by molar-refractivity contribution is 9.10. The molecule has 2 unspecified atom stereocenters. The third-order valence-electron chi connectivity index (χ3n) is 5.36. The summed E-state index contributed by atoms with van der Waals surface area (Å²) in [6.07, 6.45) is 27.2. The van der Waals surface area contributed by atoms with E-state index in [9.17, 15) is 0 Å². The number of halogens is 2. The third-order valence-corrected chi connectivity index (χ3v) is 6.71. The van der Waals surface area contributed by atoms with Gasteiger partial charge in [-0.15, -0.1) is 0 Å². The van der Waals surface area contributed by atoms with Crippen molar-refractivity contribution in [1.29, 1.82) is 0 Å². The van der Waals surface area contributed by atoms with Gasteiger partial charge in [0, 0.05) is 0 Å². The van der Waals surface area contributed by atoms with Crippen LogP contribution < -0.4 is 0 Å². The topological polar surface area (TPSA) is 9.23 Å². The Labute approximate surface area is 188 Å². The second-order valence-electron chi connectivity index (χ2n) is 8.19. The number of hydrogen-bond donors (Lipinski definition) is 0. The molecule has 0 fully saturated rings. The van der Waals surface area contributed by atoms with Crippen LogP contribution in [0.1, 0.15) is 142 Å². The molecule has 3 heteroatoms. The molecule has 0 amide bonds. The predicted octanol–water partition coefficient (Wildman–Crippen LogP) is 10.3. The van der Waals surface area contributed by atoms with Crippen molar-refractivity contribution >= 4 is 31.9 Å². The minimum Gasteiger partial charge on any atom is -0.353 e. The standard InChI is InChI=1S/C24H48Br2O/c1-3-5-7-9-11-13-15-17-19-21-23(25)27-24(26)22-20-18-16-14-12-10-8-6-4-2/h23-24H,3-22H2,1-2H3. The molecular formula is C24H48Br2O. The zero-order chi connectivity index (χ0) is 20.0. The Morgan fingerprint density at radius 1 is 0.444 bits per heavy atom. The van der Waals surface area contributed by atoms with E-state index < -0.39 is 0 Å². The highest BCUT2D eigenvalue weighted by atomic mass is 79.9. The van der Waals surface area contributed by atoms with E-state index in [0.29, 0.717) is 0 Å². The molecule has 2 atom stereocenters. The van der Waals surface area contributed by atoms with E-state index in [1.165, 1.54) is 116 Å². The van der Waals surface area contributed by atoms with Gasteiger partial charge < -0.3 is 4.74 Å². The fraction of sp³-hybridized carbons (Fsp3) is 1.00. The first-order chi connectivity index (χ1) is 13.2. The van der Waals surface area contributed by atoms with Crippen molar-refractivity contribution in [1.82, 2.24) is 0 Å². The summed E-state index contributed by atoms with van der Waals surface area (Å²) in [5.74, 6) is 0. The van der Waals surface area contributed by atoms with Crippen LogP contribution in [-0.2, 0) is 4.74 Å². The summed E-state index contributed by atoms with van der Waals surface area (Å²) in [6.45, 7) is 4.57. The average molecular weight is 512 g/mol. The lowest BCUT2D eigenvalue weighted by Crippen LogP contribution is -2.12. The van der Waals surface area contributed by atoms with Crippen LogP contribution in [0.2, 0.25) is 0 Å². The summed E-state index contributed by atoms with van der Waals surface area (Å²) in [6, 6.07) is 0. The first-order valence-electron chi connectivity index (χ1n) is 12.1. The normalized spacial score (nSPS) is 13.8. The van der Waals surface area contributed by atoms with Gasteiger partial charge in [-0.3, -0.25) is 0 Å². The highest BCUT2D eigenvalue weighted by Crippen LogP contribution is 2.22. The third kappa shape index (κ3) is 23.1. The van der Waals surface area contributed by atoms with Crippen molar-refractivity contribution in [3.05, 3.63) is 0 Å². The Balaban J connectivity index is 3.30. The molecule has 0 aliphatic carbocycles. The second kappa shape index (κ2) is 23.2. The first-order valence-corrected chi connectivity index (χ1v) is 14.0. The molecule has 164 valence electrons. The maximum Gasteiger partial charge on any atom is 0.114 e. The summed E-state index contributed by atoms with van der Waals surface area (Å²) >= 11 is 7.40. The molecule has 0 aliphatic heterocycles. The van der Waals surface area contributed by atoms with Crippen molar-refractivity contribution in [3.8, 4) is 0 Å². The van der Waals surface area contributed by atoms with Crippen LogP contribution in [0.3, 0.4) is 0 Å². The van der Waals surface area contributed by atoms with E-state index in [2.05, 4.69) is 45.7 Å². The molecule has 0 radical (unpaired) electrons. The zero-order valence-electron chi connectivity index (χ0n) is 18.5. The molecule has 27 heavy (non-hydrogen) atoms. The van der Waals surface area contributed by atoms with Gasteiger partial charge in [-0.05, 0) is 25.7 Å². The van der Waals surface area contributed by atoms with Gasteiger partial charge >= 0.3 is 0 Å². The van der Waals surface area contributed by atoms with Gasteiger partial charge in [-0.1, -0.05) is 148 Å². The molecule has 1 nitrogen and oxygen atoms in total. The number of alkyl halides is 2. The summed E-state index contributed by atoms with van der Waals surface area (Å²) in [4.78, 5) is 0. The summed E-state index contributed by atoms with van der Waals surface area (Å²) < 4.78 is 6.03. The van der Waals surface area contributed by atoms with E-state index in [1.807, 2.05) is 0 Å². The van der Waals surface area contributed by atoms with E-state index in [1.54, 1.807) is 0 Å². The summed E-state index contributed by atoms with van der Waals surface area (Å²) in [7, 11) is 0. The van der Waals surface area contributed by atoms with Gasteiger partial charge in [0.1, 0.15) is 10.0 Å². The van der Waals surface area contributed by atoms with Gasteiger partial charge in [-0.2, -0.15) is 0 Å². The molecule has 0 saturated heterocycles. The fourth-order valence-corrected chi connectivity index (χ4v) is 4.99. The van der Waals surface area contributed by atoms with Crippen LogP contribution in [0.15, 0.2) is 0 Å². The molecular weight excluding hydrogens is 464 g/mol. The maximum absolute atomic E-state index is 6.03. The molecule has 0 N–H and O–H groups in total. The minimum absolute atomic E-state index is 0.213. The fourth-order valence-electron chi connectivity index (χ4n) is 3.53. The summed E-state index contributed by atoms with van der Waals surface area (Å²) in [5.41, 5.74) is 0. The van der Waals surface area contributed by atoms with Crippen LogP contribution in [0.4, 0.5) is 0 Å². The number of rotatable bonds is 22. The van der Waals surface area contributed by atoms with Gasteiger partial charge in [0.25, 0.3) is 0 Å². The average Bonchev–Trinajstić information content (AvgIpc) is 2.65. The number of ether oxygens (including phenoxy) is 1. The lowest BCUT2D eigenvalue weighted by Gasteiger charge is -2.16. The Morgan fingerprint density at radius 2 is 0.704 bits per heavy atom. The molecule has 0 aromatic rings. The SMILES string of the molecule is CCCCCCCCCCCC(Br)OC(Br)CCCCCCCCCCC. The van der Waals surface area contributed by atoms with Crippen LogP contribution in [0.5, 0.6) is 0 Å². The molecule has 0 saturated carbocycles. The van der Waals surface area contributed by atoms with Gasteiger partial charge in [0.05, 0.1) is 0 Å². The summed E-state index contributed by atoms with van der Waals surface area (Å²) in [5, 5.41) is 0.426. The maximum atomic E-state index is 6.03. The lowest BCUT2D eigenvalue weighted by molar-refractivity contribution is 0.0868. The van der Waals surface area contributed by atoms with Crippen molar-refractivity contribution in [3.63, 3.8) is 0 Å². The molecule has 0 bridgehead atoms. The van der Waals surface area contributed by atoms with Crippen LogP contribution in [-0.4, -0.2) is 10.0 Å². The van der Waals surface area contributed by atoms with Crippen LogP contribution >= 0.6 is 31.9 Å². The van der Waals surface area contributed by atoms with Gasteiger partial charge in [-0.25, -0.2) is 0 Å². The van der Waals surface area contributed by atoms with E-state index in [0.717, 1.165) is 12.8 Å². The van der Waals surface area contributed by atoms with Crippen molar-refractivity contribution < 1.29 is 4.74 Å². The smallest absolute Gasteiger partial charge is 0.114 e. The van der Waals surface area contributed by atoms with E-state index in [-0.39, 0.29) is 10.0 Å². The quantitative estimate of drug-likeness (QED) is 0.104. The lowest BCUT2D eigenvalue weighted by atomic mass is 10.1. The van der Waals surface area contributed by atoms with Crippen molar-refractivity contribution in [2.24, 2.45) is 0 Å². The Bertz CT molecular complexity index is 247. The Morgan fingerprint density at radius 3 is 1.00 bits per heavy atom. The molecule has 0 aromatic carbocycles. The monoisotopic (exact) mass is 510 g/mol. The van der Waals surface area contributed by atoms with Crippen LogP contribution in [0.25, 0.3) is 0 Å². The Hall–Kier alpha value is 0.920. The molecule has 0 heterocycles. The molecule has 0 rings (SSSR count). The van der Waals surface area contributed by atoms with E-state index in [4.69, 9.17) is 4.74 Å². The molecule has 0 aromatic heterocycles. The molecule has 0 spiro atoms. The second-order valence-corrected chi connectivity index (χ2v) is 10.2. The highest BCUT2D eigenvalue weighted by Gasteiger charge is 2.11. The predicted molar refractivity (Wildman–Crippen MR) is 130 cm³/mol. The van der Waals surface area contributed by atoms with Crippen LogP contribution in [0, 0.1) is 0 Å². The molecule has 0 aliphatic rings. The number of unbranched alkanes of at least 4 members (excludes halogenated alkanes) is 16. The zero-order valence-corrected chi connectivity index (χ0v) is 21.6. The van der Waals surface area contributed by atoms with Crippen molar-refractivity contribution in [2.75, 3.05) is 0 Å². The van der Waals surface area contributed by atoms with E-state index >= 15 is 0 Å². The van der Waals surface area contributed by atoms with Gasteiger partial charge in [0.2, 0.25) is 0 Å². The Kier molecular flexibility index (Phi) is 24.0. The number of hydrogen-bond acceptors (Lipinski definition) is 1. The van der Waals surface area contributed by atoms with Crippen molar-refractivity contribution in [2.45, 2.75) is 152 Å². The van der Waals surface area contributed by atoms with Gasteiger partial charge in [0.15, 0.2) is 0 Å². The minimum atomic E-state index is 0.213.